The van der Waals surface area contributed by atoms with E-state index in [0.29, 0.717) is 5.56 Å². The van der Waals surface area contributed by atoms with E-state index < -0.39 is 37.3 Å². The maximum atomic E-state index is 12.8. The van der Waals surface area contributed by atoms with Crippen molar-refractivity contribution in [3.8, 4) is 28.4 Å². The lowest BCUT2D eigenvalue weighted by Gasteiger charge is -2.39. The van der Waals surface area contributed by atoms with Crippen molar-refractivity contribution in [2.75, 3.05) is 6.61 Å². The van der Waals surface area contributed by atoms with E-state index in [1.165, 1.54) is 42.7 Å². The van der Waals surface area contributed by atoms with Gasteiger partial charge in [0.15, 0.2) is 16.9 Å². The molecule has 1 aliphatic rings. The van der Waals surface area contributed by atoms with Crippen LogP contribution in [-0.2, 0) is 4.74 Å². The molecule has 5 atom stereocenters. The smallest absolute Gasteiger partial charge is 0.229 e. The van der Waals surface area contributed by atoms with Crippen molar-refractivity contribution in [2.24, 2.45) is 0 Å². The highest BCUT2D eigenvalue weighted by Gasteiger charge is 2.44. The molecule has 0 amide bonds. The molecule has 1 fully saturated rings. The second kappa shape index (κ2) is 8.17. The van der Waals surface area contributed by atoms with Crippen molar-refractivity contribution in [1.82, 2.24) is 0 Å². The van der Waals surface area contributed by atoms with Crippen LogP contribution in [0.2, 0.25) is 0 Å². The first-order chi connectivity index (χ1) is 14.8. The van der Waals surface area contributed by atoms with Crippen molar-refractivity contribution >= 4 is 11.0 Å². The number of ether oxygens (including phenoxy) is 2. The summed E-state index contributed by atoms with van der Waals surface area (Å²) >= 11 is 0. The molecule has 0 aliphatic carbocycles. The summed E-state index contributed by atoms with van der Waals surface area (Å²) in [5, 5.41) is 58.4. The molecule has 0 radical (unpaired) electrons. The van der Waals surface area contributed by atoms with Gasteiger partial charge in [-0.1, -0.05) is 6.07 Å². The standard InChI is InChI=1S/C21H20O10/c22-7-16-18(26)19(27)20(28)21(31-16)30-10-2-3-11-15(6-10)29-8-12(17(11)25)9-1-4-13(23)14(24)5-9/h1-6,8,16,18-24,26-28H,7H2/t16-,18-,19+,20-,21-/m1/s1. The summed E-state index contributed by atoms with van der Waals surface area (Å²) in [6.45, 7) is -0.590. The highest BCUT2D eigenvalue weighted by atomic mass is 16.7. The Morgan fingerprint density at radius 3 is 2.42 bits per heavy atom. The molecule has 4 rings (SSSR count). The SMILES string of the molecule is O=c1c(-c2ccc(O)c(O)c2)coc2cc(O[C@@H]3O[C@H](CO)[C@@H](O)[C@H](O)[C@H]3O)ccc12. The molecule has 164 valence electrons. The molecule has 2 heterocycles. The van der Waals surface area contributed by atoms with Crippen LogP contribution in [0.1, 0.15) is 0 Å². The Balaban J connectivity index is 1.63. The number of fused-ring (bicyclic) bond motifs is 1. The molecule has 0 unspecified atom stereocenters. The number of benzene rings is 2. The quantitative estimate of drug-likeness (QED) is 0.310. The van der Waals surface area contributed by atoms with Crippen molar-refractivity contribution in [2.45, 2.75) is 30.7 Å². The number of hydrogen-bond acceptors (Lipinski definition) is 10. The third kappa shape index (κ3) is 3.82. The van der Waals surface area contributed by atoms with E-state index in [1.54, 1.807) is 0 Å². The Kier molecular flexibility index (Phi) is 5.56. The first kappa shape index (κ1) is 21.1. The maximum Gasteiger partial charge on any atom is 0.229 e. The van der Waals surface area contributed by atoms with Crippen LogP contribution < -0.4 is 10.2 Å². The number of rotatable bonds is 4. The summed E-state index contributed by atoms with van der Waals surface area (Å²) in [5.41, 5.74) is 0.308. The topological polar surface area (TPSA) is 170 Å². The van der Waals surface area contributed by atoms with Gasteiger partial charge in [0.2, 0.25) is 6.29 Å². The predicted molar refractivity (Wildman–Crippen MR) is 106 cm³/mol. The molecule has 0 spiro atoms. The number of hydrogen-bond donors (Lipinski definition) is 6. The van der Waals surface area contributed by atoms with Gasteiger partial charge in [-0.05, 0) is 29.8 Å². The van der Waals surface area contributed by atoms with Gasteiger partial charge in [0.1, 0.15) is 42.0 Å². The fourth-order valence-corrected chi connectivity index (χ4v) is 3.37. The Morgan fingerprint density at radius 1 is 0.935 bits per heavy atom. The Hall–Kier alpha value is -3.15. The average Bonchev–Trinajstić information content (AvgIpc) is 2.76. The number of aliphatic hydroxyl groups excluding tert-OH is 4. The zero-order chi connectivity index (χ0) is 22.3. The lowest BCUT2D eigenvalue weighted by Crippen LogP contribution is -2.60. The van der Waals surface area contributed by atoms with Crippen LogP contribution in [0.5, 0.6) is 17.2 Å². The fraction of sp³-hybridized carbons (Fsp3) is 0.286. The minimum atomic E-state index is -1.58. The molecule has 0 saturated carbocycles. The van der Waals surface area contributed by atoms with Gasteiger partial charge in [-0.2, -0.15) is 0 Å². The molecule has 1 aromatic heterocycles. The summed E-state index contributed by atoms with van der Waals surface area (Å²) in [5.74, 6) is -0.542. The van der Waals surface area contributed by atoms with Gasteiger partial charge in [-0.3, -0.25) is 4.79 Å². The molecule has 10 nitrogen and oxygen atoms in total. The van der Waals surface area contributed by atoms with Gasteiger partial charge in [0.05, 0.1) is 17.6 Å². The largest absolute Gasteiger partial charge is 0.504 e. The van der Waals surface area contributed by atoms with Gasteiger partial charge in [0.25, 0.3) is 0 Å². The van der Waals surface area contributed by atoms with Gasteiger partial charge in [-0.25, -0.2) is 0 Å². The zero-order valence-corrected chi connectivity index (χ0v) is 16.0. The summed E-state index contributed by atoms with van der Waals surface area (Å²) in [7, 11) is 0. The number of aromatic hydroxyl groups is 2. The van der Waals surface area contributed by atoms with Gasteiger partial charge >= 0.3 is 0 Å². The average molecular weight is 432 g/mol. The fourth-order valence-electron chi connectivity index (χ4n) is 3.37. The highest BCUT2D eigenvalue weighted by molar-refractivity contribution is 5.83. The minimum Gasteiger partial charge on any atom is -0.504 e. The molecule has 6 N–H and O–H groups in total. The summed E-state index contributed by atoms with van der Waals surface area (Å²) in [4.78, 5) is 12.8. The van der Waals surface area contributed by atoms with Crippen LogP contribution in [0.3, 0.4) is 0 Å². The first-order valence-corrected chi connectivity index (χ1v) is 9.35. The van der Waals surface area contributed by atoms with Gasteiger partial charge in [0, 0.05) is 6.07 Å². The highest BCUT2D eigenvalue weighted by Crippen LogP contribution is 2.31. The van der Waals surface area contributed by atoms with Crippen molar-refractivity contribution in [3.05, 3.63) is 52.9 Å². The third-order valence-electron chi connectivity index (χ3n) is 5.13. The van der Waals surface area contributed by atoms with Crippen LogP contribution in [0.25, 0.3) is 22.1 Å². The molecule has 3 aromatic rings. The van der Waals surface area contributed by atoms with Crippen LogP contribution in [0.15, 0.2) is 51.9 Å². The summed E-state index contributed by atoms with van der Waals surface area (Å²) in [6.07, 6.45) is -5.96. The Morgan fingerprint density at radius 2 is 1.71 bits per heavy atom. The molecule has 1 aliphatic heterocycles. The lowest BCUT2D eigenvalue weighted by molar-refractivity contribution is -0.277. The molecule has 10 heteroatoms. The van der Waals surface area contributed by atoms with Crippen LogP contribution in [0, 0.1) is 0 Å². The molecule has 31 heavy (non-hydrogen) atoms. The van der Waals surface area contributed by atoms with Crippen LogP contribution >= 0.6 is 0 Å². The van der Waals surface area contributed by atoms with E-state index in [9.17, 15) is 35.4 Å². The second-order valence-electron chi connectivity index (χ2n) is 7.16. The van der Waals surface area contributed by atoms with E-state index in [-0.39, 0.29) is 39.2 Å². The molecular formula is C21H20O10. The van der Waals surface area contributed by atoms with E-state index >= 15 is 0 Å². The zero-order valence-electron chi connectivity index (χ0n) is 16.0. The van der Waals surface area contributed by atoms with E-state index in [2.05, 4.69) is 0 Å². The number of phenols is 2. The van der Waals surface area contributed by atoms with Crippen molar-refractivity contribution in [1.29, 1.82) is 0 Å². The predicted octanol–water partition coefficient (Wildman–Crippen LogP) is 0.0499. The van der Waals surface area contributed by atoms with Crippen LogP contribution in [-0.4, -0.2) is 68.0 Å². The third-order valence-corrected chi connectivity index (χ3v) is 5.13. The van der Waals surface area contributed by atoms with Crippen LogP contribution in [0.4, 0.5) is 0 Å². The second-order valence-corrected chi connectivity index (χ2v) is 7.16. The van der Waals surface area contributed by atoms with Gasteiger partial charge in [-0.15, -0.1) is 0 Å². The number of phenolic OH excluding ortho intramolecular Hbond substituents is 2. The first-order valence-electron chi connectivity index (χ1n) is 9.35. The van der Waals surface area contributed by atoms with E-state index in [1.807, 2.05) is 0 Å². The Labute approximate surface area is 174 Å². The van der Waals surface area contributed by atoms with Crippen molar-refractivity contribution in [3.63, 3.8) is 0 Å². The summed E-state index contributed by atoms with van der Waals surface area (Å²) < 4.78 is 16.4. The van der Waals surface area contributed by atoms with Gasteiger partial charge < -0.3 is 44.5 Å². The van der Waals surface area contributed by atoms with Crippen molar-refractivity contribution < 1.29 is 44.5 Å². The maximum absolute atomic E-state index is 12.8. The molecule has 0 bridgehead atoms. The van der Waals surface area contributed by atoms with E-state index in [0.717, 1.165) is 0 Å². The molecule has 2 aromatic carbocycles. The normalized spacial score (nSPS) is 26.1. The number of aliphatic hydroxyl groups is 4. The lowest BCUT2D eigenvalue weighted by atomic mass is 9.99. The molecule has 1 saturated heterocycles. The van der Waals surface area contributed by atoms with E-state index in [4.69, 9.17) is 13.9 Å². The Bertz CT molecular complexity index is 1150. The summed E-state index contributed by atoms with van der Waals surface area (Å²) in [6, 6.07) is 8.21. The monoisotopic (exact) mass is 432 g/mol. The molecular weight excluding hydrogens is 412 g/mol. The minimum absolute atomic E-state index is 0.148.